The van der Waals surface area contributed by atoms with Gasteiger partial charge in [-0.1, -0.05) is 43.9 Å². The van der Waals surface area contributed by atoms with Gasteiger partial charge in [0, 0.05) is 0 Å². The summed E-state index contributed by atoms with van der Waals surface area (Å²) in [7, 11) is -1.33. The minimum Gasteiger partial charge on any atom is -0.406 e. The molecule has 0 atom stereocenters. The van der Waals surface area contributed by atoms with Crippen LogP contribution >= 0.6 is 0 Å². The second kappa shape index (κ2) is 4.01. The molecule has 0 saturated carbocycles. The van der Waals surface area contributed by atoms with Gasteiger partial charge in [0.15, 0.2) is 0 Å². The number of hydrogen-bond donors (Lipinski definition) is 1. The van der Waals surface area contributed by atoms with Crippen molar-refractivity contribution in [1.82, 2.24) is 0 Å². The molecule has 0 saturated heterocycles. The van der Waals surface area contributed by atoms with Crippen molar-refractivity contribution in [2.24, 2.45) is 5.73 Å². The SMILES string of the molecule is Cc1ccccc1/C=C(\N)[Si](C)(C)C. The number of nitrogens with two attached hydrogens (primary N) is 1. The lowest BCUT2D eigenvalue weighted by Gasteiger charge is -2.16. The summed E-state index contributed by atoms with van der Waals surface area (Å²) in [5, 5.41) is 1.06. The molecule has 14 heavy (non-hydrogen) atoms. The number of rotatable bonds is 2. The van der Waals surface area contributed by atoms with E-state index in [1.54, 1.807) is 0 Å². The molecule has 0 unspecified atom stereocenters. The molecular weight excluding hydrogens is 186 g/mol. The molecule has 0 aliphatic carbocycles. The van der Waals surface area contributed by atoms with Gasteiger partial charge in [0.05, 0.1) is 8.07 Å². The molecule has 0 aliphatic rings. The van der Waals surface area contributed by atoms with E-state index in [1.165, 1.54) is 11.1 Å². The summed E-state index contributed by atoms with van der Waals surface area (Å²) in [4.78, 5) is 0. The molecular formula is C12H19NSi. The normalized spacial score (nSPS) is 13.0. The van der Waals surface area contributed by atoms with Crippen molar-refractivity contribution in [3.8, 4) is 0 Å². The van der Waals surface area contributed by atoms with Crippen molar-refractivity contribution >= 4 is 14.1 Å². The fraction of sp³-hybridized carbons (Fsp3) is 0.333. The van der Waals surface area contributed by atoms with E-state index < -0.39 is 8.07 Å². The summed E-state index contributed by atoms with van der Waals surface area (Å²) in [6.07, 6.45) is 2.13. The third-order valence-corrected chi connectivity index (χ3v) is 4.24. The zero-order chi connectivity index (χ0) is 10.8. The molecule has 0 aromatic heterocycles. The minimum atomic E-state index is -1.33. The summed E-state index contributed by atoms with van der Waals surface area (Å²) in [5.74, 6) is 0. The van der Waals surface area contributed by atoms with Crippen LogP contribution in [0.15, 0.2) is 29.6 Å². The van der Waals surface area contributed by atoms with Gasteiger partial charge >= 0.3 is 0 Å². The first-order chi connectivity index (χ1) is 6.41. The second-order valence-electron chi connectivity index (χ2n) is 4.71. The Labute approximate surface area is 87.7 Å². The predicted octanol–water partition coefficient (Wildman–Crippen LogP) is 3.17. The molecule has 2 heteroatoms. The summed E-state index contributed by atoms with van der Waals surface area (Å²) in [6.45, 7) is 8.90. The number of hydrogen-bond acceptors (Lipinski definition) is 1. The molecule has 76 valence electrons. The number of aryl methyl sites for hydroxylation is 1. The van der Waals surface area contributed by atoms with Gasteiger partial charge in [-0.25, -0.2) is 0 Å². The molecule has 0 amide bonds. The van der Waals surface area contributed by atoms with E-state index in [2.05, 4.69) is 56.9 Å². The van der Waals surface area contributed by atoms with Crippen LogP contribution in [0.3, 0.4) is 0 Å². The van der Waals surface area contributed by atoms with Gasteiger partial charge in [-0.15, -0.1) is 0 Å². The molecule has 0 radical (unpaired) electrons. The lowest BCUT2D eigenvalue weighted by atomic mass is 10.1. The Morgan fingerprint density at radius 2 is 1.79 bits per heavy atom. The van der Waals surface area contributed by atoms with Crippen LogP contribution in [-0.4, -0.2) is 8.07 Å². The van der Waals surface area contributed by atoms with Gasteiger partial charge < -0.3 is 5.73 Å². The summed E-state index contributed by atoms with van der Waals surface area (Å²) in [5.41, 5.74) is 8.60. The maximum absolute atomic E-state index is 6.07. The topological polar surface area (TPSA) is 26.0 Å². The predicted molar refractivity (Wildman–Crippen MR) is 66.7 cm³/mol. The third kappa shape index (κ3) is 2.74. The van der Waals surface area contributed by atoms with E-state index in [0.717, 1.165) is 5.32 Å². The van der Waals surface area contributed by atoms with Crippen LogP contribution in [0.2, 0.25) is 19.6 Å². The van der Waals surface area contributed by atoms with Crippen LogP contribution in [0.5, 0.6) is 0 Å². The smallest absolute Gasteiger partial charge is 0.0974 e. The van der Waals surface area contributed by atoms with Gasteiger partial charge in [0.1, 0.15) is 0 Å². The molecule has 0 spiro atoms. The van der Waals surface area contributed by atoms with Crippen LogP contribution in [0, 0.1) is 6.92 Å². The van der Waals surface area contributed by atoms with Crippen molar-refractivity contribution in [2.75, 3.05) is 0 Å². The van der Waals surface area contributed by atoms with E-state index in [9.17, 15) is 0 Å². The molecule has 1 nitrogen and oxygen atoms in total. The van der Waals surface area contributed by atoms with Crippen molar-refractivity contribution in [2.45, 2.75) is 26.6 Å². The van der Waals surface area contributed by atoms with Crippen molar-refractivity contribution < 1.29 is 0 Å². The van der Waals surface area contributed by atoms with Gasteiger partial charge in [-0.05, 0) is 29.4 Å². The first-order valence-electron chi connectivity index (χ1n) is 4.94. The molecule has 0 fully saturated rings. The highest BCUT2D eigenvalue weighted by Gasteiger charge is 2.16. The standard InChI is InChI=1S/C12H19NSi/c1-10-7-5-6-8-11(10)9-12(13)14(2,3)4/h5-9H,13H2,1-4H3/b12-9+. The highest BCUT2D eigenvalue weighted by Crippen LogP contribution is 2.15. The molecule has 0 aliphatic heterocycles. The van der Waals surface area contributed by atoms with Crippen molar-refractivity contribution in [1.29, 1.82) is 0 Å². The zero-order valence-electron chi connectivity index (χ0n) is 9.46. The van der Waals surface area contributed by atoms with E-state index in [1.807, 2.05) is 0 Å². The molecule has 0 heterocycles. The Kier molecular flexibility index (Phi) is 3.16. The average molecular weight is 205 g/mol. The van der Waals surface area contributed by atoms with Gasteiger partial charge in [0.2, 0.25) is 0 Å². The van der Waals surface area contributed by atoms with Crippen LogP contribution in [0.25, 0.3) is 6.08 Å². The van der Waals surface area contributed by atoms with Gasteiger partial charge in [-0.3, -0.25) is 0 Å². The quantitative estimate of drug-likeness (QED) is 0.737. The Bertz CT molecular complexity index is 348. The van der Waals surface area contributed by atoms with Gasteiger partial charge in [0.25, 0.3) is 0 Å². The Balaban J connectivity index is 3.04. The van der Waals surface area contributed by atoms with Gasteiger partial charge in [-0.2, -0.15) is 0 Å². The Morgan fingerprint density at radius 3 is 2.29 bits per heavy atom. The van der Waals surface area contributed by atoms with Crippen LogP contribution in [0.1, 0.15) is 11.1 Å². The lowest BCUT2D eigenvalue weighted by molar-refractivity contribution is 1.41. The fourth-order valence-electron chi connectivity index (χ4n) is 1.13. The monoisotopic (exact) mass is 205 g/mol. The first-order valence-corrected chi connectivity index (χ1v) is 8.44. The van der Waals surface area contributed by atoms with Crippen LogP contribution < -0.4 is 5.73 Å². The summed E-state index contributed by atoms with van der Waals surface area (Å²) in [6, 6.07) is 8.33. The maximum Gasteiger partial charge on any atom is 0.0974 e. The average Bonchev–Trinajstić information content (AvgIpc) is 2.07. The number of benzene rings is 1. The third-order valence-electron chi connectivity index (χ3n) is 2.37. The zero-order valence-corrected chi connectivity index (χ0v) is 10.5. The lowest BCUT2D eigenvalue weighted by Crippen LogP contribution is -2.29. The molecule has 0 bridgehead atoms. The fourth-order valence-corrected chi connectivity index (χ4v) is 1.72. The minimum absolute atomic E-state index is 1.06. The molecule has 2 N–H and O–H groups in total. The molecule has 1 rings (SSSR count). The van der Waals surface area contributed by atoms with E-state index >= 15 is 0 Å². The van der Waals surface area contributed by atoms with E-state index in [4.69, 9.17) is 5.73 Å². The van der Waals surface area contributed by atoms with Crippen molar-refractivity contribution in [3.05, 3.63) is 40.7 Å². The maximum atomic E-state index is 6.07. The Morgan fingerprint density at radius 1 is 1.21 bits per heavy atom. The molecule has 1 aromatic carbocycles. The second-order valence-corrected chi connectivity index (χ2v) is 9.78. The van der Waals surface area contributed by atoms with Crippen LogP contribution in [-0.2, 0) is 0 Å². The van der Waals surface area contributed by atoms with Crippen LogP contribution in [0.4, 0.5) is 0 Å². The highest BCUT2D eigenvalue weighted by atomic mass is 28.3. The summed E-state index contributed by atoms with van der Waals surface area (Å²) >= 11 is 0. The van der Waals surface area contributed by atoms with Crippen molar-refractivity contribution in [3.63, 3.8) is 0 Å². The first kappa shape index (κ1) is 11.1. The van der Waals surface area contributed by atoms with E-state index in [-0.39, 0.29) is 0 Å². The van der Waals surface area contributed by atoms with E-state index in [0.29, 0.717) is 0 Å². The Hall–Kier alpha value is -1.02. The highest BCUT2D eigenvalue weighted by molar-refractivity contribution is 6.83. The largest absolute Gasteiger partial charge is 0.406 e. The summed E-state index contributed by atoms with van der Waals surface area (Å²) < 4.78 is 0. The molecule has 1 aromatic rings.